The summed E-state index contributed by atoms with van der Waals surface area (Å²) in [6, 6.07) is 2.08. The van der Waals surface area contributed by atoms with Gasteiger partial charge in [-0.15, -0.1) is 6.58 Å². The second kappa shape index (κ2) is 32.4. The summed E-state index contributed by atoms with van der Waals surface area (Å²) in [6.07, 6.45) is 15.6. The van der Waals surface area contributed by atoms with Crippen molar-refractivity contribution in [1.82, 2.24) is 0 Å². The second-order valence-corrected chi connectivity index (χ2v) is 4.69. The molecule has 0 aromatic rings. The fraction of sp³-hybridized carbons (Fsp3) is 0.571. The first kappa shape index (κ1) is 29.4. The molecule has 0 bridgehead atoms. The lowest BCUT2D eigenvalue weighted by molar-refractivity contribution is 0.593. The van der Waals surface area contributed by atoms with Crippen LogP contribution in [0.4, 0.5) is 0 Å². The lowest BCUT2D eigenvalue weighted by atomic mass is 10.1. The topological polar surface area (TPSA) is 49.8 Å². The Hall–Kier alpha value is -1.59. The summed E-state index contributed by atoms with van der Waals surface area (Å²) in [4.78, 5) is 0. The zero-order chi connectivity index (χ0) is 18.9. The van der Waals surface area contributed by atoms with Gasteiger partial charge in [-0.05, 0) is 46.0 Å². The Morgan fingerprint density at radius 3 is 2.13 bits per heavy atom. The van der Waals surface area contributed by atoms with Crippen LogP contribution in [-0.2, 0) is 0 Å². The van der Waals surface area contributed by atoms with Crippen molar-refractivity contribution >= 4 is 0 Å². The van der Waals surface area contributed by atoms with Crippen molar-refractivity contribution in [2.24, 2.45) is 5.73 Å². The fourth-order valence-corrected chi connectivity index (χ4v) is 1.12. The Labute approximate surface area is 146 Å². The summed E-state index contributed by atoms with van der Waals surface area (Å²) in [5.41, 5.74) is 7.13. The van der Waals surface area contributed by atoms with Gasteiger partial charge in [0.2, 0.25) is 0 Å². The number of nitrogens with two attached hydrogens (primary N) is 1. The van der Waals surface area contributed by atoms with Crippen molar-refractivity contribution in [3.8, 4) is 6.07 Å². The molecule has 2 heteroatoms. The van der Waals surface area contributed by atoms with Crippen LogP contribution in [0.15, 0.2) is 49.1 Å². The van der Waals surface area contributed by atoms with Crippen LogP contribution in [0.3, 0.4) is 0 Å². The van der Waals surface area contributed by atoms with E-state index in [0.717, 1.165) is 25.7 Å². The van der Waals surface area contributed by atoms with Gasteiger partial charge in [0.25, 0.3) is 0 Å². The molecule has 0 saturated heterocycles. The molecule has 1 atom stereocenters. The molecule has 0 amide bonds. The van der Waals surface area contributed by atoms with E-state index in [9.17, 15) is 0 Å². The lowest BCUT2D eigenvalue weighted by Crippen LogP contribution is -2.18. The van der Waals surface area contributed by atoms with Crippen molar-refractivity contribution < 1.29 is 0 Å². The maximum atomic E-state index is 7.32. The standard InChI is InChI=1S/C12H21N.C5H10.C2H3N.C2H6/c1-3-5-7-8-9-11-12(13)10-6-4-2;1-4-5(2)3;1-2-3;1-2/h3-7,12H,1,8-11,13H2,2H3;2,4H2,1,3H3;1H3;1-2H3/b6-4-,7-5+;;;. The Morgan fingerprint density at radius 2 is 1.78 bits per heavy atom. The van der Waals surface area contributed by atoms with E-state index in [1.807, 2.05) is 33.8 Å². The normalized spacial score (nSPS) is 10.2. The van der Waals surface area contributed by atoms with Gasteiger partial charge in [0, 0.05) is 13.0 Å². The number of hydrogen-bond acceptors (Lipinski definition) is 2. The Bertz CT molecular complexity index is 319. The van der Waals surface area contributed by atoms with Crippen LogP contribution in [0.1, 0.15) is 73.6 Å². The van der Waals surface area contributed by atoms with E-state index in [1.165, 1.54) is 18.9 Å². The van der Waals surface area contributed by atoms with E-state index in [2.05, 4.69) is 38.3 Å². The number of rotatable bonds is 8. The summed E-state index contributed by atoms with van der Waals surface area (Å²) >= 11 is 0. The third-order valence-corrected chi connectivity index (χ3v) is 2.50. The second-order valence-electron chi connectivity index (χ2n) is 4.69. The molecule has 23 heavy (non-hydrogen) atoms. The average molecular weight is 321 g/mol. The number of allylic oxidation sites excluding steroid dienone is 5. The SMILES string of the molecule is C=C(C)CC.C=C/C=C/CCCC(N)C/C=C\C.CC.CC#N. The minimum Gasteiger partial charge on any atom is -0.327 e. The molecule has 0 aliphatic heterocycles. The minimum atomic E-state index is 0.327. The maximum Gasteiger partial charge on any atom is 0.0587 e. The molecule has 0 saturated carbocycles. The highest BCUT2D eigenvalue weighted by Crippen LogP contribution is 2.03. The van der Waals surface area contributed by atoms with Gasteiger partial charge < -0.3 is 5.73 Å². The largest absolute Gasteiger partial charge is 0.327 e. The first-order chi connectivity index (χ1) is 11.0. The molecule has 0 aromatic heterocycles. The zero-order valence-electron chi connectivity index (χ0n) is 16.4. The van der Waals surface area contributed by atoms with E-state index in [0.29, 0.717) is 6.04 Å². The predicted octanol–water partition coefficient (Wildman–Crippen LogP) is 6.72. The quantitative estimate of drug-likeness (QED) is 0.306. The molecule has 0 aliphatic rings. The van der Waals surface area contributed by atoms with Crippen molar-refractivity contribution in [2.75, 3.05) is 0 Å². The third kappa shape index (κ3) is 53.1. The summed E-state index contributed by atoms with van der Waals surface area (Å²) in [5, 5.41) is 7.32. The molecule has 0 rings (SSSR count). The molecular weight excluding hydrogens is 280 g/mol. The summed E-state index contributed by atoms with van der Waals surface area (Å²) < 4.78 is 0. The smallest absolute Gasteiger partial charge is 0.0587 e. The third-order valence-electron chi connectivity index (χ3n) is 2.50. The molecule has 0 radical (unpaired) electrons. The highest BCUT2D eigenvalue weighted by atomic mass is 14.6. The van der Waals surface area contributed by atoms with E-state index in [1.54, 1.807) is 12.1 Å². The highest BCUT2D eigenvalue weighted by molar-refractivity contribution is 4.96. The number of hydrogen-bond donors (Lipinski definition) is 1. The van der Waals surface area contributed by atoms with Gasteiger partial charge in [0.15, 0.2) is 0 Å². The van der Waals surface area contributed by atoms with Crippen molar-refractivity contribution in [1.29, 1.82) is 5.26 Å². The van der Waals surface area contributed by atoms with Crippen molar-refractivity contribution in [3.63, 3.8) is 0 Å². The van der Waals surface area contributed by atoms with Gasteiger partial charge >= 0.3 is 0 Å². The molecule has 2 N–H and O–H groups in total. The van der Waals surface area contributed by atoms with Crippen LogP contribution in [0.25, 0.3) is 0 Å². The zero-order valence-corrected chi connectivity index (χ0v) is 16.4. The maximum absolute atomic E-state index is 7.32. The minimum absolute atomic E-state index is 0.327. The Balaban J connectivity index is -0.000000149. The average Bonchev–Trinajstić information content (AvgIpc) is 2.56. The van der Waals surface area contributed by atoms with Gasteiger partial charge in [-0.25, -0.2) is 0 Å². The first-order valence-electron chi connectivity index (χ1n) is 8.59. The van der Waals surface area contributed by atoms with Crippen LogP contribution in [0, 0.1) is 11.3 Å². The Kier molecular flexibility index (Phi) is 41.4. The monoisotopic (exact) mass is 320 g/mol. The molecule has 1 unspecified atom stereocenters. The van der Waals surface area contributed by atoms with Gasteiger partial charge in [-0.2, -0.15) is 5.26 Å². The number of nitriles is 1. The number of unbranched alkanes of at least 4 members (excludes halogenated alkanes) is 1. The van der Waals surface area contributed by atoms with Crippen molar-refractivity contribution in [3.05, 3.63) is 49.1 Å². The Morgan fingerprint density at radius 1 is 1.30 bits per heavy atom. The van der Waals surface area contributed by atoms with Gasteiger partial charge in [0.05, 0.1) is 6.07 Å². The molecule has 0 aromatic carbocycles. The van der Waals surface area contributed by atoms with Gasteiger partial charge in [-0.3, -0.25) is 0 Å². The molecular formula is C21H40N2. The van der Waals surface area contributed by atoms with E-state index >= 15 is 0 Å². The summed E-state index contributed by atoms with van der Waals surface area (Å²) in [6.45, 7) is 18.9. The van der Waals surface area contributed by atoms with E-state index < -0.39 is 0 Å². The molecule has 0 aliphatic carbocycles. The highest BCUT2D eigenvalue weighted by Gasteiger charge is 1.97. The lowest BCUT2D eigenvalue weighted by Gasteiger charge is -2.06. The van der Waals surface area contributed by atoms with E-state index in [-0.39, 0.29) is 0 Å². The van der Waals surface area contributed by atoms with Gasteiger partial charge in [0.1, 0.15) is 0 Å². The molecule has 134 valence electrons. The summed E-state index contributed by atoms with van der Waals surface area (Å²) in [5.74, 6) is 0. The fourth-order valence-electron chi connectivity index (χ4n) is 1.12. The van der Waals surface area contributed by atoms with Crippen LogP contribution >= 0.6 is 0 Å². The molecule has 2 nitrogen and oxygen atoms in total. The first-order valence-corrected chi connectivity index (χ1v) is 8.59. The molecule has 0 spiro atoms. The molecule has 0 heterocycles. The van der Waals surface area contributed by atoms with Gasteiger partial charge in [-0.1, -0.05) is 63.3 Å². The predicted molar refractivity (Wildman–Crippen MR) is 108 cm³/mol. The summed E-state index contributed by atoms with van der Waals surface area (Å²) in [7, 11) is 0. The van der Waals surface area contributed by atoms with Crippen LogP contribution < -0.4 is 5.73 Å². The van der Waals surface area contributed by atoms with Crippen LogP contribution in [0.5, 0.6) is 0 Å². The van der Waals surface area contributed by atoms with Crippen LogP contribution in [0.2, 0.25) is 0 Å². The van der Waals surface area contributed by atoms with Crippen molar-refractivity contribution in [2.45, 2.75) is 79.7 Å². The van der Waals surface area contributed by atoms with E-state index in [4.69, 9.17) is 11.0 Å². The number of nitrogens with zero attached hydrogens (tertiary/aromatic N) is 1. The van der Waals surface area contributed by atoms with Crippen LogP contribution in [-0.4, -0.2) is 6.04 Å². The molecule has 0 fully saturated rings.